The van der Waals surface area contributed by atoms with Gasteiger partial charge in [0.15, 0.2) is 6.10 Å². The van der Waals surface area contributed by atoms with Crippen LogP contribution in [-0.2, 0) is 0 Å². The number of pyridine rings is 1. The van der Waals surface area contributed by atoms with Crippen LogP contribution in [0.4, 0.5) is 26.2 Å². The highest BCUT2D eigenvalue weighted by atomic mass is 19.3. The Hall–Kier alpha value is -4.08. The monoisotopic (exact) mass is 550 g/mol. The van der Waals surface area contributed by atoms with Gasteiger partial charge in [-0.15, -0.1) is 0 Å². The molecular formula is C28H32F2N8O2. The van der Waals surface area contributed by atoms with Crippen LogP contribution in [-0.4, -0.2) is 84.8 Å². The zero-order valence-electron chi connectivity index (χ0n) is 22.7. The molecule has 10 nitrogen and oxygen atoms in total. The maximum Gasteiger partial charge on any atom is 0.296 e. The van der Waals surface area contributed by atoms with Gasteiger partial charge in [0, 0.05) is 43.9 Å². The zero-order chi connectivity index (χ0) is 28.3. The van der Waals surface area contributed by atoms with Crippen LogP contribution in [0.1, 0.15) is 18.9 Å². The van der Waals surface area contributed by atoms with Crippen molar-refractivity contribution in [1.82, 2.24) is 25.2 Å². The fourth-order valence-corrected chi connectivity index (χ4v) is 4.85. The summed E-state index contributed by atoms with van der Waals surface area (Å²) in [6.45, 7) is 4.88. The van der Waals surface area contributed by atoms with Gasteiger partial charge in [-0.2, -0.15) is 10.2 Å². The third kappa shape index (κ3) is 5.90. The Balaban J connectivity index is 1.33. The molecule has 3 aromatic rings. The molecule has 0 saturated carbocycles. The molecule has 0 bridgehead atoms. The molecule has 2 N–H and O–H groups in total. The van der Waals surface area contributed by atoms with Gasteiger partial charge < -0.3 is 29.9 Å². The van der Waals surface area contributed by atoms with E-state index in [4.69, 9.17) is 9.47 Å². The van der Waals surface area contributed by atoms with Crippen molar-refractivity contribution < 1.29 is 18.3 Å². The Morgan fingerprint density at radius 3 is 2.77 bits per heavy atom. The van der Waals surface area contributed by atoms with Gasteiger partial charge in [-0.25, -0.2) is 18.7 Å². The van der Waals surface area contributed by atoms with Gasteiger partial charge in [-0.05, 0) is 56.9 Å². The van der Waals surface area contributed by atoms with E-state index < -0.39 is 18.6 Å². The summed E-state index contributed by atoms with van der Waals surface area (Å²) in [6, 6.07) is 12.8. The number of nitriles is 1. The van der Waals surface area contributed by atoms with Gasteiger partial charge in [0.2, 0.25) is 11.8 Å². The van der Waals surface area contributed by atoms with E-state index in [9.17, 15) is 14.0 Å². The SMILES string of the molecule is COc1nc(Nc2nccc(-c3ccc(OC4CCNCC4(F)F)c(C#N)c3)n2)ccc1N1CCN(C)C(C)C1. The number of hydrogen-bond acceptors (Lipinski definition) is 10. The molecule has 2 atom stereocenters. The van der Waals surface area contributed by atoms with E-state index in [0.717, 1.165) is 25.3 Å². The topological polar surface area (TPSA) is 111 Å². The maximum absolute atomic E-state index is 14.2. The Bertz CT molecular complexity index is 1400. The van der Waals surface area contributed by atoms with Crippen molar-refractivity contribution in [3.63, 3.8) is 0 Å². The van der Waals surface area contributed by atoms with Gasteiger partial charge in [-0.3, -0.25) is 0 Å². The smallest absolute Gasteiger partial charge is 0.296 e. The van der Waals surface area contributed by atoms with E-state index >= 15 is 0 Å². The number of piperazine rings is 1. The van der Waals surface area contributed by atoms with Crippen LogP contribution < -0.4 is 25.0 Å². The molecule has 5 rings (SSSR count). The first-order valence-electron chi connectivity index (χ1n) is 13.2. The average Bonchev–Trinajstić information content (AvgIpc) is 2.96. The first-order valence-corrected chi connectivity index (χ1v) is 13.2. The number of likely N-dealkylation sites (N-methyl/N-ethyl adjacent to an activating group) is 1. The molecule has 1 aromatic carbocycles. The number of halogens is 2. The predicted molar refractivity (Wildman–Crippen MR) is 147 cm³/mol. The fraction of sp³-hybridized carbons (Fsp3) is 0.429. The summed E-state index contributed by atoms with van der Waals surface area (Å²) in [5.41, 5.74) is 2.25. The highest BCUT2D eigenvalue weighted by Gasteiger charge is 2.43. The van der Waals surface area contributed by atoms with E-state index in [1.165, 1.54) is 6.07 Å². The standard InChI is InChI=1S/C28H32F2N8O2/c1-18-16-38(13-12-37(18)2)22-5-7-25(35-26(22)39-3)36-27-33-11-8-21(34-27)19-4-6-23(20(14-19)15-31)40-24-9-10-32-17-28(24,29)30/h4-8,11,14,18,24,32H,9-10,12-13,16-17H2,1-3H3,(H,33,34,35,36). The summed E-state index contributed by atoms with van der Waals surface area (Å²) in [5, 5.41) is 15.5. The van der Waals surface area contributed by atoms with Gasteiger partial charge in [0.05, 0.1) is 24.9 Å². The third-order valence-corrected chi connectivity index (χ3v) is 7.31. The lowest BCUT2D eigenvalue weighted by atomic mass is 10.0. The summed E-state index contributed by atoms with van der Waals surface area (Å²) in [5.74, 6) is -1.57. The minimum Gasteiger partial charge on any atom is -0.483 e. The van der Waals surface area contributed by atoms with Crippen LogP contribution in [0.5, 0.6) is 11.6 Å². The molecule has 0 spiro atoms. The van der Waals surface area contributed by atoms with Crippen LogP contribution >= 0.6 is 0 Å². The second-order valence-corrected chi connectivity index (χ2v) is 10.0. The van der Waals surface area contributed by atoms with Gasteiger partial charge in [-0.1, -0.05) is 0 Å². The molecule has 0 radical (unpaired) electrons. The van der Waals surface area contributed by atoms with Crippen molar-refractivity contribution in [2.75, 3.05) is 57.1 Å². The van der Waals surface area contributed by atoms with E-state index in [-0.39, 0.29) is 17.7 Å². The molecule has 4 heterocycles. The number of hydrogen-bond donors (Lipinski definition) is 2. The van der Waals surface area contributed by atoms with Crippen LogP contribution in [0.25, 0.3) is 11.3 Å². The summed E-state index contributed by atoms with van der Waals surface area (Å²) >= 11 is 0. The summed E-state index contributed by atoms with van der Waals surface area (Å²) in [7, 11) is 3.72. The first kappa shape index (κ1) is 27.5. The fourth-order valence-electron chi connectivity index (χ4n) is 4.85. The first-order chi connectivity index (χ1) is 19.3. The molecule has 0 aliphatic carbocycles. The Morgan fingerprint density at radius 1 is 1.18 bits per heavy atom. The minimum absolute atomic E-state index is 0.122. The number of benzene rings is 1. The van der Waals surface area contributed by atoms with Crippen molar-refractivity contribution in [2.24, 2.45) is 0 Å². The molecule has 2 saturated heterocycles. The molecule has 12 heteroatoms. The summed E-state index contributed by atoms with van der Waals surface area (Å²) in [6.07, 6.45) is 0.445. The lowest BCUT2D eigenvalue weighted by Crippen LogP contribution is -2.52. The van der Waals surface area contributed by atoms with E-state index in [1.807, 2.05) is 12.1 Å². The lowest BCUT2D eigenvalue weighted by molar-refractivity contribution is -0.109. The number of piperidine rings is 1. The zero-order valence-corrected chi connectivity index (χ0v) is 22.7. The van der Waals surface area contributed by atoms with Crippen molar-refractivity contribution >= 4 is 17.5 Å². The number of rotatable bonds is 7. The number of alkyl halides is 2. The van der Waals surface area contributed by atoms with E-state index in [0.29, 0.717) is 41.5 Å². The lowest BCUT2D eigenvalue weighted by Gasteiger charge is -2.39. The molecule has 2 fully saturated rings. The van der Waals surface area contributed by atoms with E-state index in [2.05, 4.69) is 55.4 Å². The Labute approximate surface area is 232 Å². The average molecular weight is 551 g/mol. The Morgan fingerprint density at radius 2 is 2.02 bits per heavy atom. The van der Waals surface area contributed by atoms with E-state index in [1.54, 1.807) is 31.5 Å². The molecule has 0 amide bonds. The molecule has 40 heavy (non-hydrogen) atoms. The number of methoxy groups -OCH3 is 1. The molecule has 2 unspecified atom stereocenters. The normalized spacial score (nSPS) is 20.9. The van der Waals surface area contributed by atoms with Crippen molar-refractivity contribution in [3.05, 3.63) is 48.2 Å². The number of nitrogens with zero attached hydrogens (tertiary/aromatic N) is 6. The largest absolute Gasteiger partial charge is 0.483 e. The quantitative estimate of drug-likeness (QED) is 0.452. The molecule has 2 aliphatic rings. The molecule has 2 aromatic heterocycles. The maximum atomic E-state index is 14.2. The highest BCUT2D eigenvalue weighted by molar-refractivity contribution is 5.66. The molecular weight excluding hydrogens is 518 g/mol. The van der Waals surface area contributed by atoms with Crippen LogP contribution in [0.15, 0.2) is 42.6 Å². The second kappa shape index (κ2) is 11.6. The van der Waals surface area contributed by atoms with Gasteiger partial charge >= 0.3 is 0 Å². The van der Waals surface area contributed by atoms with Crippen LogP contribution in [0.2, 0.25) is 0 Å². The number of aromatic nitrogens is 3. The Kier molecular flexibility index (Phi) is 7.95. The molecule has 210 valence electrons. The van der Waals surface area contributed by atoms with Crippen molar-refractivity contribution in [3.8, 4) is 29.0 Å². The van der Waals surface area contributed by atoms with Crippen LogP contribution in [0.3, 0.4) is 0 Å². The number of ether oxygens (including phenoxy) is 2. The predicted octanol–water partition coefficient (Wildman–Crippen LogP) is 3.68. The van der Waals surface area contributed by atoms with Crippen LogP contribution in [0, 0.1) is 11.3 Å². The van der Waals surface area contributed by atoms with Crippen molar-refractivity contribution in [1.29, 1.82) is 5.26 Å². The van der Waals surface area contributed by atoms with Gasteiger partial charge in [0.25, 0.3) is 5.92 Å². The highest BCUT2D eigenvalue weighted by Crippen LogP contribution is 2.33. The third-order valence-electron chi connectivity index (χ3n) is 7.31. The summed E-state index contributed by atoms with van der Waals surface area (Å²) < 4.78 is 39.7. The summed E-state index contributed by atoms with van der Waals surface area (Å²) in [4.78, 5) is 18.1. The van der Waals surface area contributed by atoms with Crippen molar-refractivity contribution in [2.45, 2.75) is 31.4 Å². The molecule has 2 aliphatic heterocycles. The second-order valence-electron chi connectivity index (χ2n) is 10.0. The minimum atomic E-state index is -3.02. The van der Waals surface area contributed by atoms with Gasteiger partial charge in [0.1, 0.15) is 23.3 Å². The number of nitrogens with one attached hydrogen (secondary N) is 2. The number of anilines is 3.